The molecular weight excluding hydrogens is 313 g/mol. The van der Waals surface area contributed by atoms with Gasteiger partial charge in [-0.05, 0) is 22.0 Å². The Hall–Kier alpha value is -0.890. The fraction of sp³-hybridized carbons (Fsp3) is 0.333. The van der Waals surface area contributed by atoms with Gasteiger partial charge in [-0.15, -0.1) is 0 Å². The van der Waals surface area contributed by atoms with E-state index < -0.39 is 36.2 Å². The smallest absolute Gasteiger partial charge is 0.426 e. The molecule has 1 atom stereocenters. The maximum atomic E-state index is 13.2. The van der Waals surface area contributed by atoms with Gasteiger partial charge in [0, 0.05) is 12.6 Å². The van der Waals surface area contributed by atoms with E-state index in [1.807, 2.05) is 0 Å². The Morgan fingerprint density at radius 3 is 2.29 bits per heavy atom. The van der Waals surface area contributed by atoms with Gasteiger partial charge in [-0.1, -0.05) is 0 Å². The molecule has 0 fully saturated rings. The van der Waals surface area contributed by atoms with Crippen molar-refractivity contribution in [2.24, 2.45) is 5.73 Å². The molecule has 2 N–H and O–H groups in total. The third-order valence-corrected chi connectivity index (χ3v) is 2.39. The number of hydrogen-bond acceptors (Lipinski definition) is 2. The van der Waals surface area contributed by atoms with Gasteiger partial charge in [0.25, 0.3) is 0 Å². The molecule has 1 rings (SSSR count). The van der Waals surface area contributed by atoms with Gasteiger partial charge in [0.05, 0.1) is 4.47 Å². The predicted octanol–water partition coefficient (Wildman–Crippen LogP) is 3.00. The average molecular weight is 320 g/mol. The summed E-state index contributed by atoms with van der Waals surface area (Å²) in [6, 6.07) is 1.21. The first-order valence-corrected chi connectivity index (χ1v) is 5.13. The van der Waals surface area contributed by atoms with Crippen LogP contribution in [0.5, 0.6) is 5.75 Å². The van der Waals surface area contributed by atoms with Gasteiger partial charge in [-0.25, -0.2) is 8.78 Å². The summed E-state index contributed by atoms with van der Waals surface area (Å²) in [5.74, 6) is -2.89. The van der Waals surface area contributed by atoms with Crippen molar-refractivity contribution in [2.45, 2.75) is 12.3 Å². The quantitative estimate of drug-likeness (QED) is 0.869. The molecule has 0 heterocycles. The summed E-state index contributed by atoms with van der Waals surface area (Å²) < 4.78 is 67.0. The van der Waals surface area contributed by atoms with Crippen LogP contribution in [0.15, 0.2) is 16.6 Å². The zero-order valence-electron chi connectivity index (χ0n) is 8.19. The van der Waals surface area contributed by atoms with Crippen LogP contribution in [-0.4, -0.2) is 18.8 Å². The third-order valence-electron chi connectivity index (χ3n) is 1.80. The zero-order chi connectivity index (χ0) is 13.2. The molecule has 1 unspecified atom stereocenters. The van der Waals surface area contributed by atoms with Crippen LogP contribution in [0.4, 0.5) is 22.0 Å². The number of hydrogen-bond donors (Lipinski definition) is 1. The van der Waals surface area contributed by atoms with E-state index in [1.54, 1.807) is 0 Å². The molecule has 0 spiro atoms. The van der Waals surface area contributed by atoms with Crippen LogP contribution < -0.4 is 10.5 Å². The Kier molecular flexibility index (Phi) is 4.31. The summed E-state index contributed by atoms with van der Waals surface area (Å²) in [5.41, 5.74) is 4.88. The molecule has 0 aliphatic carbocycles. The molecule has 0 aliphatic heterocycles. The van der Waals surface area contributed by atoms with Gasteiger partial charge >= 0.3 is 6.18 Å². The molecule has 0 aromatic heterocycles. The number of ether oxygens (including phenoxy) is 1. The summed E-state index contributed by atoms with van der Waals surface area (Å²) in [7, 11) is 0. The standard InChI is InChI=1S/C9H7BrF5NO/c10-5-1-4(11)2-6(12)8(5)17-7(3-16)9(13,14)15/h1-2,7H,3,16H2. The SMILES string of the molecule is NCC(Oc1c(F)cc(F)cc1Br)C(F)(F)F. The molecule has 8 heteroatoms. The normalized spacial score (nSPS) is 13.6. The molecule has 0 radical (unpaired) electrons. The monoisotopic (exact) mass is 319 g/mol. The number of benzene rings is 1. The fourth-order valence-electron chi connectivity index (χ4n) is 1.03. The molecule has 2 nitrogen and oxygen atoms in total. The van der Waals surface area contributed by atoms with Crippen molar-refractivity contribution in [2.75, 3.05) is 6.54 Å². The van der Waals surface area contributed by atoms with Gasteiger partial charge in [0.2, 0.25) is 6.10 Å². The Morgan fingerprint density at radius 2 is 1.88 bits per heavy atom. The highest BCUT2D eigenvalue weighted by Gasteiger charge is 2.41. The number of alkyl halides is 3. The van der Waals surface area contributed by atoms with Gasteiger partial charge in [-0.2, -0.15) is 13.2 Å². The second-order valence-electron chi connectivity index (χ2n) is 3.08. The van der Waals surface area contributed by atoms with Crippen molar-refractivity contribution in [3.63, 3.8) is 0 Å². The van der Waals surface area contributed by atoms with Crippen molar-refractivity contribution in [3.8, 4) is 5.75 Å². The zero-order valence-corrected chi connectivity index (χ0v) is 9.78. The van der Waals surface area contributed by atoms with Crippen LogP contribution in [0.2, 0.25) is 0 Å². The van der Waals surface area contributed by atoms with Crippen molar-refractivity contribution >= 4 is 15.9 Å². The molecule has 96 valence electrons. The van der Waals surface area contributed by atoms with Crippen LogP contribution in [0.25, 0.3) is 0 Å². The topological polar surface area (TPSA) is 35.2 Å². The lowest BCUT2D eigenvalue weighted by atomic mass is 10.3. The van der Waals surface area contributed by atoms with Crippen LogP contribution in [0, 0.1) is 11.6 Å². The second-order valence-corrected chi connectivity index (χ2v) is 3.94. The summed E-state index contributed by atoms with van der Waals surface area (Å²) in [6.07, 6.45) is -7.08. The number of rotatable bonds is 3. The first-order valence-electron chi connectivity index (χ1n) is 4.33. The molecule has 0 bridgehead atoms. The van der Waals surface area contributed by atoms with Crippen LogP contribution in [0.3, 0.4) is 0 Å². The van der Waals surface area contributed by atoms with Gasteiger partial charge in [0.1, 0.15) is 5.82 Å². The molecule has 0 saturated carbocycles. The summed E-state index contributed by atoms with van der Waals surface area (Å²) in [6.45, 7) is -0.868. The maximum Gasteiger partial charge on any atom is 0.426 e. The first-order chi connectivity index (χ1) is 7.75. The minimum Gasteiger partial charge on any atom is -0.475 e. The van der Waals surface area contributed by atoms with E-state index in [0.29, 0.717) is 6.07 Å². The summed E-state index contributed by atoms with van der Waals surface area (Å²) in [4.78, 5) is 0. The van der Waals surface area contributed by atoms with Crippen molar-refractivity contribution < 1.29 is 26.7 Å². The minimum absolute atomic E-state index is 0.252. The van der Waals surface area contributed by atoms with E-state index in [4.69, 9.17) is 5.73 Å². The van der Waals surface area contributed by atoms with Crippen LogP contribution in [-0.2, 0) is 0 Å². The van der Waals surface area contributed by atoms with E-state index in [-0.39, 0.29) is 4.47 Å². The van der Waals surface area contributed by atoms with E-state index in [0.717, 1.165) is 6.07 Å². The molecule has 17 heavy (non-hydrogen) atoms. The molecule has 0 saturated heterocycles. The highest BCUT2D eigenvalue weighted by molar-refractivity contribution is 9.10. The fourth-order valence-corrected chi connectivity index (χ4v) is 1.53. The molecule has 1 aromatic carbocycles. The van der Waals surface area contributed by atoms with E-state index >= 15 is 0 Å². The minimum atomic E-state index is -4.73. The molecule has 0 amide bonds. The lowest BCUT2D eigenvalue weighted by Gasteiger charge is -2.21. The third kappa shape index (κ3) is 3.53. The lowest BCUT2D eigenvalue weighted by Crippen LogP contribution is -2.41. The molecular formula is C9H7BrF5NO. The summed E-state index contributed by atoms with van der Waals surface area (Å²) in [5, 5.41) is 0. The maximum absolute atomic E-state index is 13.2. The largest absolute Gasteiger partial charge is 0.475 e. The highest BCUT2D eigenvalue weighted by atomic mass is 79.9. The molecule has 0 aliphatic rings. The molecule has 1 aromatic rings. The Balaban J connectivity index is 3.02. The number of nitrogens with two attached hydrogens (primary N) is 1. The van der Waals surface area contributed by atoms with Crippen molar-refractivity contribution in [1.82, 2.24) is 0 Å². The lowest BCUT2D eigenvalue weighted by molar-refractivity contribution is -0.192. The van der Waals surface area contributed by atoms with E-state index in [9.17, 15) is 22.0 Å². The van der Waals surface area contributed by atoms with Crippen molar-refractivity contribution in [3.05, 3.63) is 28.2 Å². The average Bonchev–Trinajstić information content (AvgIpc) is 2.14. The second kappa shape index (κ2) is 5.18. The van der Waals surface area contributed by atoms with Crippen molar-refractivity contribution in [1.29, 1.82) is 0 Å². The Labute approximate surface area is 102 Å². The van der Waals surface area contributed by atoms with E-state index in [2.05, 4.69) is 20.7 Å². The van der Waals surface area contributed by atoms with Gasteiger partial charge in [-0.3, -0.25) is 0 Å². The van der Waals surface area contributed by atoms with Gasteiger partial charge < -0.3 is 10.5 Å². The first kappa shape index (κ1) is 14.2. The Morgan fingerprint density at radius 1 is 1.29 bits per heavy atom. The summed E-state index contributed by atoms with van der Waals surface area (Å²) >= 11 is 2.71. The van der Waals surface area contributed by atoms with Crippen LogP contribution >= 0.6 is 15.9 Å². The van der Waals surface area contributed by atoms with Crippen LogP contribution in [0.1, 0.15) is 0 Å². The predicted molar refractivity (Wildman–Crippen MR) is 53.6 cm³/mol. The highest BCUT2D eigenvalue weighted by Crippen LogP contribution is 2.33. The van der Waals surface area contributed by atoms with E-state index in [1.165, 1.54) is 0 Å². The number of halogens is 6. The van der Waals surface area contributed by atoms with Gasteiger partial charge in [0.15, 0.2) is 11.6 Å². The Bertz CT molecular complexity index is 386.